The second-order valence-electron chi connectivity index (χ2n) is 6.71. The zero-order chi connectivity index (χ0) is 15.6. The van der Waals surface area contributed by atoms with Crippen molar-refractivity contribution in [3.8, 4) is 0 Å². The van der Waals surface area contributed by atoms with Crippen molar-refractivity contribution in [2.75, 3.05) is 52.9 Å². The molecule has 0 aromatic rings. The lowest BCUT2D eigenvalue weighted by Crippen LogP contribution is -2.46. The maximum atomic E-state index is 4.33. The van der Waals surface area contributed by atoms with Crippen molar-refractivity contribution >= 4 is 29.9 Å². The summed E-state index contributed by atoms with van der Waals surface area (Å²) >= 11 is 0. The molecule has 2 saturated heterocycles. The third-order valence-corrected chi connectivity index (χ3v) is 5.02. The molecule has 2 heterocycles. The smallest absolute Gasteiger partial charge is 0.191 e. The number of nitrogens with one attached hydrogen (secondary N) is 2. The van der Waals surface area contributed by atoms with Gasteiger partial charge in [0, 0.05) is 39.3 Å². The number of guanidine groups is 1. The van der Waals surface area contributed by atoms with E-state index >= 15 is 0 Å². The van der Waals surface area contributed by atoms with Gasteiger partial charge < -0.3 is 15.5 Å². The van der Waals surface area contributed by atoms with Crippen LogP contribution in [0.1, 0.15) is 45.4 Å². The zero-order valence-electron chi connectivity index (χ0n) is 15.0. The van der Waals surface area contributed by atoms with Gasteiger partial charge in [0.25, 0.3) is 0 Å². The van der Waals surface area contributed by atoms with E-state index < -0.39 is 0 Å². The van der Waals surface area contributed by atoms with Crippen LogP contribution in [0.25, 0.3) is 0 Å². The number of halogens is 1. The molecule has 6 heteroatoms. The van der Waals surface area contributed by atoms with Gasteiger partial charge in [0.15, 0.2) is 5.96 Å². The van der Waals surface area contributed by atoms with Gasteiger partial charge in [-0.05, 0) is 52.2 Å². The monoisotopic (exact) mass is 437 g/mol. The quantitative estimate of drug-likeness (QED) is 0.380. The molecular weight excluding hydrogens is 401 g/mol. The molecule has 0 spiro atoms. The molecule has 0 radical (unpaired) electrons. The molecule has 0 aromatic carbocycles. The van der Waals surface area contributed by atoms with Crippen LogP contribution in [0.4, 0.5) is 0 Å². The summed E-state index contributed by atoms with van der Waals surface area (Å²) in [5, 5.41) is 6.90. The minimum absolute atomic E-state index is 0. The van der Waals surface area contributed by atoms with Crippen LogP contribution >= 0.6 is 24.0 Å². The maximum absolute atomic E-state index is 4.33. The highest BCUT2D eigenvalue weighted by Crippen LogP contribution is 2.15. The third kappa shape index (κ3) is 8.03. The molecule has 0 amide bonds. The summed E-state index contributed by atoms with van der Waals surface area (Å²) < 4.78 is 0. The Morgan fingerprint density at radius 2 is 1.61 bits per heavy atom. The van der Waals surface area contributed by atoms with Gasteiger partial charge in [0.1, 0.15) is 0 Å². The second kappa shape index (κ2) is 12.3. The van der Waals surface area contributed by atoms with E-state index in [2.05, 4.69) is 32.3 Å². The first kappa shape index (κ1) is 21.0. The number of hydrogen-bond donors (Lipinski definition) is 2. The van der Waals surface area contributed by atoms with Crippen molar-refractivity contribution in [2.24, 2.45) is 4.99 Å². The molecule has 2 fully saturated rings. The van der Waals surface area contributed by atoms with E-state index in [4.69, 9.17) is 0 Å². The van der Waals surface area contributed by atoms with E-state index in [1.807, 2.05) is 7.05 Å². The second-order valence-corrected chi connectivity index (χ2v) is 6.71. The van der Waals surface area contributed by atoms with Gasteiger partial charge in [-0.25, -0.2) is 0 Å². The Bertz CT molecular complexity index is 331. The summed E-state index contributed by atoms with van der Waals surface area (Å²) in [6, 6.07) is 0.740. The number of rotatable bonds is 6. The van der Waals surface area contributed by atoms with E-state index in [1.54, 1.807) is 0 Å². The van der Waals surface area contributed by atoms with Gasteiger partial charge in [-0.2, -0.15) is 0 Å². The van der Waals surface area contributed by atoms with E-state index in [-0.39, 0.29) is 24.0 Å². The van der Waals surface area contributed by atoms with Crippen molar-refractivity contribution < 1.29 is 0 Å². The third-order valence-electron chi connectivity index (χ3n) is 5.02. The Morgan fingerprint density at radius 1 is 0.957 bits per heavy atom. The summed E-state index contributed by atoms with van der Waals surface area (Å²) in [4.78, 5) is 9.48. The highest BCUT2D eigenvalue weighted by Gasteiger charge is 2.17. The molecule has 23 heavy (non-hydrogen) atoms. The largest absolute Gasteiger partial charge is 0.355 e. The SMILES string of the molecule is CN=C(NCCN1CCCCC1)NCCN1CCCCC1C.I. The van der Waals surface area contributed by atoms with Gasteiger partial charge in [-0.1, -0.05) is 12.8 Å². The highest BCUT2D eigenvalue weighted by atomic mass is 127. The molecule has 5 nitrogen and oxygen atoms in total. The molecule has 0 aromatic heterocycles. The average Bonchev–Trinajstić information content (AvgIpc) is 2.56. The Hall–Kier alpha value is -0.0800. The van der Waals surface area contributed by atoms with Crippen molar-refractivity contribution in [3.05, 3.63) is 0 Å². The predicted octanol–water partition coefficient (Wildman–Crippen LogP) is 2.13. The minimum atomic E-state index is 0. The molecule has 1 unspecified atom stereocenters. The van der Waals surface area contributed by atoms with Crippen LogP contribution in [-0.4, -0.2) is 74.7 Å². The molecule has 136 valence electrons. The Labute approximate surface area is 159 Å². The summed E-state index contributed by atoms with van der Waals surface area (Å²) in [6.45, 7) is 10.3. The lowest BCUT2D eigenvalue weighted by molar-refractivity contribution is 0.163. The Morgan fingerprint density at radius 3 is 2.26 bits per heavy atom. The molecule has 2 N–H and O–H groups in total. The first-order chi connectivity index (χ1) is 10.8. The van der Waals surface area contributed by atoms with Gasteiger partial charge in [0.05, 0.1) is 0 Å². The normalized spacial score (nSPS) is 24.1. The molecule has 0 bridgehead atoms. The van der Waals surface area contributed by atoms with Crippen molar-refractivity contribution in [2.45, 2.75) is 51.5 Å². The van der Waals surface area contributed by atoms with E-state index in [9.17, 15) is 0 Å². The van der Waals surface area contributed by atoms with Gasteiger partial charge in [-0.3, -0.25) is 9.89 Å². The number of aliphatic imine (C=N–C) groups is 1. The highest BCUT2D eigenvalue weighted by molar-refractivity contribution is 14.0. The zero-order valence-corrected chi connectivity index (χ0v) is 17.3. The average molecular weight is 437 g/mol. The van der Waals surface area contributed by atoms with Crippen LogP contribution in [0.3, 0.4) is 0 Å². The molecule has 0 aliphatic carbocycles. The topological polar surface area (TPSA) is 42.9 Å². The van der Waals surface area contributed by atoms with Crippen molar-refractivity contribution in [3.63, 3.8) is 0 Å². The fourth-order valence-electron chi connectivity index (χ4n) is 3.54. The number of piperidine rings is 2. The first-order valence-corrected chi connectivity index (χ1v) is 9.20. The molecular formula is C17H36IN5. The molecule has 2 aliphatic rings. The van der Waals surface area contributed by atoms with E-state index in [0.717, 1.165) is 38.2 Å². The minimum Gasteiger partial charge on any atom is -0.355 e. The van der Waals surface area contributed by atoms with Crippen LogP contribution in [0, 0.1) is 0 Å². The summed E-state index contributed by atoms with van der Waals surface area (Å²) in [6.07, 6.45) is 8.23. The fourth-order valence-corrected chi connectivity index (χ4v) is 3.54. The van der Waals surface area contributed by atoms with Crippen molar-refractivity contribution in [1.29, 1.82) is 0 Å². The van der Waals surface area contributed by atoms with Crippen LogP contribution < -0.4 is 10.6 Å². The van der Waals surface area contributed by atoms with Gasteiger partial charge in [-0.15, -0.1) is 24.0 Å². The van der Waals surface area contributed by atoms with Crippen LogP contribution in [0.15, 0.2) is 4.99 Å². The molecule has 2 aliphatic heterocycles. The number of hydrogen-bond acceptors (Lipinski definition) is 3. The fraction of sp³-hybridized carbons (Fsp3) is 0.941. The number of nitrogens with zero attached hydrogens (tertiary/aromatic N) is 3. The number of likely N-dealkylation sites (tertiary alicyclic amines) is 2. The lowest BCUT2D eigenvalue weighted by Gasteiger charge is -2.33. The Balaban J connectivity index is 0.00000264. The molecule has 2 rings (SSSR count). The van der Waals surface area contributed by atoms with Crippen molar-refractivity contribution in [1.82, 2.24) is 20.4 Å². The summed E-state index contributed by atoms with van der Waals surface area (Å²) in [5.41, 5.74) is 0. The van der Waals surface area contributed by atoms with Crippen LogP contribution in [0.2, 0.25) is 0 Å². The summed E-state index contributed by atoms with van der Waals surface area (Å²) in [5.74, 6) is 0.946. The standard InChI is InChI=1S/C17H35N5.HI/c1-16-8-4-7-13-22(16)15-10-20-17(18-2)19-9-14-21-11-5-3-6-12-21;/h16H,3-15H2,1-2H3,(H2,18,19,20);1H. The van der Waals surface area contributed by atoms with E-state index in [1.165, 1.54) is 58.2 Å². The lowest BCUT2D eigenvalue weighted by atomic mass is 10.0. The summed E-state index contributed by atoms with van der Waals surface area (Å²) in [7, 11) is 1.86. The Kier molecular flexibility index (Phi) is 11.2. The molecule has 1 atom stereocenters. The van der Waals surface area contributed by atoms with Crippen LogP contribution in [-0.2, 0) is 0 Å². The predicted molar refractivity (Wildman–Crippen MR) is 110 cm³/mol. The van der Waals surface area contributed by atoms with Gasteiger partial charge >= 0.3 is 0 Å². The maximum Gasteiger partial charge on any atom is 0.191 e. The first-order valence-electron chi connectivity index (χ1n) is 9.20. The van der Waals surface area contributed by atoms with Crippen LogP contribution in [0.5, 0.6) is 0 Å². The van der Waals surface area contributed by atoms with E-state index in [0.29, 0.717) is 0 Å². The molecule has 0 saturated carbocycles. The van der Waals surface area contributed by atoms with Gasteiger partial charge in [0.2, 0.25) is 0 Å².